The summed E-state index contributed by atoms with van der Waals surface area (Å²) in [6, 6.07) is 17.9. The molecule has 0 unspecified atom stereocenters. The molecule has 0 aliphatic rings. The van der Waals surface area contributed by atoms with Crippen molar-refractivity contribution in [3.05, 3.63) is 83.4 Å². The number of hydrogen-bond acceptors (Lipinski definition) is 6. The van der Waals surface area contributed by atoms with Crippen molar-refractivity contribution in [2.24, 2.45) is 0 Å². The highest BCUT2D eigenvalue weighted by Crippen LogP contribution is 2.34. The van der Waals surface area contributed by atoms with Gasteiger partial charge >= 0.3 is 0 Å². The number of aryl methyl sites for hydroxylation is 2. The molecule has 0 aliphatic carbocycles. The first-order chi connectivity index (χ1) is 20.4. The molecule has 3 aromatic rings. The van der Waals surface area contributed by atoms with Crippen LogP contribution < -0.4 is 19.1 Å². The van der Waals surface area contributed by atoms with Gasteiger partial charge < -0.3 is 19.7 Å². The summed E-state index contributed by atoms with van der Waals surface area (Å²) in [6.45, 7) is 9.15. The van der Waals surface area contributed by atoms with E-state index in [1.54, 1.807) is 24.3 Å². The SMILES string of the molecule is CC[C@H](C)NC(=O)[C@H](CC)N(Cc1ccc(C)cc1)C(=O)CN(c1ccc(OC)c(OC)c1)S(=O)(=O)c1ccc(C)cc1. The molecule has 0 aromatic heterocycles. The summed E-state index contributed by atoms with van der Waals surface area (Å²) < 4.78 is 40.1. The minimum absolute atomic E-state index is 0.0346. The fourth-order valence-corrected chi connectivity index (χ4v) is 6.00. The number of methoxy groups -OCH3 is 2. The molecule has 0 spiro atoms. The first-order valence-electron chi connectivity index (χ1n) is 14.4. The summed E-state index contributed by atoms with van der Waals surface area (Å²) in [5, 5.41) is 2.99. The Morgan fingerprint density at radius 3 is 1.95 bits per heavy atom. The molecule has 0 aliphatic heterocycles. The second-order valence-electron chi connectivity index (χ2n) is 10.6. The van der Waals surface area contributed by atoms with Gasteiger partial charge in [-0.3, -0.25) is 13.9 Å². The largest absolute Gasteiger partial charge is 0.493 e. The third-order valence-corrected chi connectivity index (χ3v) is 9.19. The third-order valence-electron chi connectivity index (χ3n) is 7.40. The predicted molar refractivity (Wildman–Crippen MR) is 169 cm³/mol. The number of sulfonamides is 1. The molecule has 2 atom stereocenters. The van der Waals surface area contributed by atoms with E-state index in [1.807, 2.05) is 58.9 Å². The van der Waals surface area contributed by atoms with E-state index in [0.717, 1.165) is 27.4 Å². The van der Waals surface area contributed by atoms with E-state index < -0.39 is 28.5 Å². The normalized spacial score (nSPS) is 12.6. The first-order valence-corrected chi connectivity index (χ1v) is 15.9. The Labute approximate surface area is 255 Å². The van der Waals surface area contributed by atoms with Gasteiger partial charge in [0.2, 0.25) is 11.8 Å². The highest BCUT2D eigenvalue weighted by molar-refractivity contribution is 7.92. The maximum Gasteiger partial charge on any atom is 0.264 e. The van der Waals surface area contributed by atoms with Crippen LogP contribution in [0.1, 0.15) is 50.3 Å². The Balaban J connectivity index is 2.11. The molecule has 0 bridgehead atoms. The Kier molecular flexibility index (Phi) is 11.6. The number of anilines is 1. The monoisotopic (exact) mass is 609 g/mol. The smallest absolute Gasteiger partial charge is 0.264 e. The number of hydrogen-bond donors (Lipinski definition) is 1. The second kappa shape index (κ2) is 14.9. The summed E-state index contributed by atoms with van der Waals surface area (Å²) in [4.78, 5) is 29.2. The number of ether oxygens (including phenoxy) is 2. The lowest BCUT2D eigenvalue weighted by atomic mass is 10.1. The Hall–Kier alpha value is -4.05. The van der Waals surface area contributed by atoms with Crippen LogP contribution in [0.3, 0.4) is 0 Å². The van der Waals surface area contributed by atoms with Crippen LogP contribution in [-0.4, -0.2) is 58.0 Å². The van der Waals surface area contributed by atoms with Crippen molar-refractivity contribution in [2.45, 2.75) is 71.0 Å². The molecule has 1 N–H and O–H groups in total. The van der Waals surface area contributed by atoms with Gasteiger partial charge in [0.1, 0.15) is 12.6 Å². The maximum absolute atomic E-state index is 14.3. The number of amides is 2. The van der Waals surface area contributed by atoms with Gasteiger partial charge in [-0.2, -0.15) is 0 Å². The Bertz CT molecular complexity index is 1490. The molecule has 0 radical (unpaired) electrons. The molecule has 43 heavy (non-hydrogen) atoms. The van der Waals surface area contributed by atoms with Gasteiger partial charge in [0.15, 0.2) is 11.5 Å². The number of benzene rings is 3. The minimum atomic E-state index is -4.21. The van der Waals surface area contributed by atoms with Crippen LogP contribution in [0.4, 0.5) is 5.69 Å². The van der Waals surface area contributed by atoms with Crippen LogP contribution in [0.2, 0.25) is 0 Å². The van der Waals surface area contributed by atoms with E-state index in [2.05, 4.69) is 5.32 Å². The molecule has 0 fully saturated rings. The topological polar surface area (TPSA) is 105 Å². The van der Waals surface area contributed by atoms with Crippen LogP contribution in [0.15, 0.2) is 71.6 Å². The lowest BCUT2D eigenvalue weighted by Crippen LogP contribution is -2.53. The van der Waals surface area contributed by atoms with Crippen molar-refractivity contribution in [3.8, 4) is 11.5 Å². The van der Waals surface area contributed by atoms with Crippen molar-refractivity contribution < 1.29 is 27.5 Å². The van der Waals surface area contributed by atoms with Crippen LogP contribution >= 0.6 is 0 Å². The average Bonchev–Trinajstić information content (AvgIpc) is 3.00. The Morgan fingerprint density at radius 2 is 1.42 bits per heavy atom. The highest BCUT2D eigenvalue weighted by atomic mass is 32.2. The lowest BCUT2D eigenvalue weighted by Gasteiger charge is -2.34. The van der Waals surface area contributed by atoms with Crippen LogP contribution in [-0.2, 0) is 26.2 Å². The van der Waals surface area contributed by atoms with Crippen molar-refractivity contribution >= 4 is 27.5 Å². The number of rotatable bonds is 14. The van der Waals surface area contributed by atoms with Crippen LogP contribution in [0.25, 0.3) is 0 Å². The molecule has 9 nitrogen and oxygen atoms in total. The van der Waals surface area contributed by atoms with Crippen molar-refractivity contribution in [1.82, 2.24) is 10.2 Å². The number of nitrogens with zero attached hydrogens (tertiary/aromatic N) is 2. The predicted octanol–water partition coefficient (Wildman–Crippen LogP) is 5.24. The number of nitrogens with one attached hydrogen (secondary N) is 1. The molecule has 0 saturated heterocycles. The zero-order valence-electron chi connectivity index (χ0n) is 26.1. The summed E-state index contributed by atoms with van der Waals surface area (Å²) in [6.07, 6.45) is 1.08. The Morgan fingerprint density at radius 1 is 0.837 bits per heavy atom. The molecular weight excluding hydrogens is 566 g/mol. The van der Waals surface area contributed by atoms with Gasteiger partial charge in [-0.05, 0) is 63.4 Å². The highest BCUT2D eigenvalue weighted by Gasteiger charge is 2.34. The molecule has 3 rings (SSSR count). The molecule has 232 valence electrons. The second-order valence-corrected chi connectivity index (χ2v) is 12.5. The standard InChI is InChI=1S/C33H43N3O6S/c1-8-25(5)34-33(38)29(9-2)35(21-26-14-10-23(3)11-15-26)32(37)22-36(27-16-19-30(41-6)31(20-27)42-7)43(39,40)28-17-12-24(4)13-18-28/h10-20,25,29H,8-9,21-22H2,1-7H3,(H,34,38)/t25-,29-/m0/s1. The van der Waals surface area contributed by atoms with Gasteiger partial charge in [0.25, 0.3) is 10.0 Å². The molecule has 0 saturated carbocycles. The fourth-order valence-electron chi connectivity index (χ4n) is 4.60. The summed E-state index contributed by atoms with van der Waals surface area (Å²) in [7, 11) is -1.27. The molecule has 10 heteroatoms. The van der Waals surface area contributed by atoms with Crippen molar-refractivity contribution in [1.29, 1.82) is 0 Å². The average molecular weight is 610 g/mol. The van der Waals surface area contributed by atoms with E-state index in [1.165, 1.54) is 37.3 Å². The van der Waals surface area contributed by atoms with E-state index in [-0.39, 0.29) is 29.1 Å². The van der Waals surface area contributed by atoms with E-state index in [0.29, 0.717) is 17.9 Å². The van der Waals surface area contributed by atoms with Gasteiger partial charge in [0.05, 0.1) is 24.8 Å². The molecular formula is C33H43N3O6S. The first kappa shape index (κ1) is 33.5. The maximum atomic E-state index is 14.3. The minimum Gasteiger partial charge on any atom is -0.493 e. The summed E-state index contributed by atoms with van der Waals surface area (Å²) in [5.74, 6) is -0.0694. The van der Waals surface area contributed by atoms with Crippen LogP contribution in [0.5, 0.6) is 11.5 Å². The van der Waals surface area contributed by atoms with Crippen molar-refractivity contribution in [3.63, 3.8) is 0 Å². The van der Waals surface area contributed by atoms with Gasteiger partial charge in [-0.25, -0.2) is 8.42 Å². The third kappa shape index (κ3) is 8.28. The van der Waals surface area contributed by atoms with Crippen LogP contribution in [0, 0.1) is 13.8 Å². The van der Waals surface area contributed by atoms with Crippen molar-refractivity contribution in [2.75, 3.05) is 25.1 Å². The number of carbonyl (C=O) groups excluding carboxylic acids is 2. The fraction of sp³-hybridized carbons (Fsp3) is 0.394. The van der Waals surface area contributed by atoms with E-state index in [9.17, 15) is 18.0 Å². The zero-order chi connectivity index (χ0) is 31.7. The molecule has 3 aromatic carbocycles. The summed E-state index contributed by atoms with van der Waals surface area (Å²) in [5.41, 5.74) is 3.01. The number of carbonyl (C=O) groups is 2. The molecule has 0 heterocycles. The zero-order valence-corrected chi connectivity index (χ0v) is 26.9. The van der Waals surface area contributed by atoms with Gasteiger partial charge in [-0.1, -0.05) is 61.4 Å². The summed E-state index contributed by atoms with van der Waals surface area (Å²) >= 11 is 0. The van der Waals surface area contributed by atoms with Gasteiger partial charge in [-0.15, -0.1) is 0 Å². The van der Waals surface area contributed by atoms with E-state index >= 15 is 0 Å². The van der Waals surface area contributed by atoms with E-state index in [4.69, 9.17) is 9.47 Å². The lowest BCUT2D eigenvalue weighted by molar-refractivity contribution is -0.140. The molecule has 2 amide bonds. The van der Waals surface area contributed by atoms with Gasteiger partial charge in [0, 0.05) is 18.7 Å². The quantitative estimate of drug-likeness (QED) is 0.268.